The smallest absolute Gasteiger partial charge is 0.283 e. The van der Waals surface area contributed by atoms with Crippen molar-refractivity contribution in [3.8, 4) is 0 Å². The molecule has 2 heterocycles. The van der Waals surface area contributed by atoms with Crippen LogP contribution in [0.15, 0.2) is 69.0 Å². The van der Waals surface area contributed by atoms with Gasteiger partial charge in [0.05, 0.1) is 11.3 Å². The van der Waals surface area contributed by atoms with Crippen LogP contribution >= 0.6 is 27.7 Å². The molecule has 2 aromatic rings. The number of fused-ring (bicyclic) bond motifs is 1. The molecule has 2 aliphatic heterocycles. The van der Waals surface area contributed by atoms with Gasteiger partial charge in [-0.2, -0.15) is 4.99 Å². The Morgan fingerprint density at radius 2 is 1.81 bits per heavy atom. The molecule has 26 heavy (non-hydrogen) atoms. The van der Waals surface area contributed by atoms with E-state index in [0.29, 0.717) is 10.9 Å². The minimum absolute atomic E-state index is 0.0588. The molecule has 7 heteroatoms. The van der Waals surface area contributed by atoms with Crippen molar-refractivity contribution in [2.24, 2.45) is 4.99 Å². The van der Waals surface area contributed by atoms with Crippen molar-refractivity contribution in [1.29, 1.82) is 5.41 Å². The largest absolute Gasteiger partial charge is 0.283 e. The van der Waals surface area contributed by atoms with E-state index in [9.17, 15) is 9.18 Å². The lowest BCUT2D eigenvalue weighted by molar-refractivity contribution is -0.114. The van der Waals surface area contributed by atoms with Gasteiger partial charge in [0.25, 0.3) is 5.91 Å². The molecule has 4 rings (SSSR count). The Morgan fingerprint density at radius 1 is 1.12 bits per heavy atom. The van der Waals surface area contributed by atoms with Crippen LogP contribution in [0.2, 0.25) is 0 Å². The summed E-state index contributed by atoms with van der Waals surface area (Å²) in [6.07, 6.45) is 1.66. The highest BCUT2D eigenvalue weighted by Crippen LogP contribution is 2.37. The SMILES string of the molecule is N=C1/C(=C/c2ccc(Br)cc2)C(=O)N=C2SC=C(c3ccc(F)cc3)N12. The zero-order chi connectivity index (χ0) is 18.3. The number of hydrogen-bond donors (Lipinski definition) is 1. The normalized spacial score (nSPS) is 18.1. The summed E-state index contributed by atoms with van der Waals surface area (Å²) >= 11 is 4.65. The molecule has 0 unspecified atom stereocenters. The first-order valence-corrected chi connectivity index (χ1v) is 9.32. The van der Waals surface area contributed by atoms with Crippen LogP contribution in [0.4, 0.5) is 4.39 Å². The monoisotopic (exact) mass is 427 g/mol. The van der Waals surface area contributed by atoms with Gasteiger partial charge in [-0.15, -0.1) is 0 Å². The van der Waals surface area contributed by atoms with E-state index in [-0.39, 0.29) is 17.2 Å². The summed E-state index contributed by atoms with van der Waals surface area (Å²) in [5.41, 5.74) is 2.48. The average Bonchev–Trinajstić information content (AvgIpc) is 3.04. The quantitative estimate of drug-likeness (QED) is 0.693. The summed E-state index contributed by atoms with van der Waals surface area (Å²) in [6, 6.07) is 13.5. The van der Waals surface area contributed by atoms with Gasteiger partial charge in [0.2, 0.25) is 0 Å². The molecule has 2 aliphatic rings. The average molecular weight is 428 g/mol. The Hall–Kier alpha value is -2.51. The highest BCUT2D eigenvalue weighted by atomic mass is 79.9. The third-order valence-electron chi connectivity index (χ3n) is 3.94. The number of nitrogens with zero attached hydrogens (tertiary/aromatic N) is 2. The maximum absolute atomic E-state index is 13.2. The van der Waals surface area contributed by atoms with Crippen LogP contribution in [0.1, 0.15) is 11.1 Å². The molecule has 0 saturated carbocycles. The molecule has 0 fully saturated rings. The van der Waals surface area contributed by atoms with Gasteiger partial charge in [-0.3, -0.25) is 15.1 Å². The number of amidine groups is 2. The lowest BCUT2D eigenvalue weighted by Gasteiger charge is -2.26. The molecule has 0 saturated heterocycles. The van der Waals surface area contributed by atoms with Crippen LogP contribution in [0.3, 0.4) is 0 Å². The van der Waals surface area contributed by atoms with Crippen molar-refractivity contribution < 1.29 is 9.18 Å². The zero-order valence-electron chi connectivity index (χ0n) is 13.2. The molecule has 0 atom stereocenters. The zero-order valence-corrected chi connectivity index (χ0v) is 15.6. The van der Waals surface area contributed by atoms with Crippen molar-refractivity contribution in [3.63, 3.8) is 0 Å². The minimum atomic E-state index is -0.439. The molecule has 0 bridgehead atoms. The Kier molecular flexibility index (Phi) is 4.34. The summed E-state index contributed by atoms with van der Waals surface area (Å²) < 4.78 is 14.1. The number of nitrogens with one attached hydrogen (secondary N) is 1. The van der Waals surface area contributed by atoms with Gasteiger partial charge >= 0.3 is 0 Å². The van der Waals surface area contributed by atoms with E-state index >= 15 is 0 Å². The molecule has 2 aromatic carbocycles. The van der Waals surface area contributed by atoms with E-state index in [1.54, 1.807) is 23.1 Å². The lowest BCUT2D eigenvalue weighted by atomic mass is 10.1. The summed E-state index contributed by atoms with van der Waals surface area (Å²) in [5, 5.41) is 10.8. The van der Waals surface area contributed by atoms with E-state index in [1.807, 2.05) is 29.7 Å². The second-order valence-corrected chi connectivity index (χ2v) is 7.37. The van der Waals surface area contributed by atoms with E-state index < -0.39 is 5.91 Å². The summed E-state index contributed by atoms with van der Waals surface area (Å²) in [5.74, 6) is -0.706. The number of carbonyl (C=O) groups excluding carboxylic acids is 1. The predicted octanol–water partition coefficient (Wildman–Crippen LogP) is 4.89. The van der Waals surface area contributed by atoms with Crippen LogP contribution in [0, 0.1) is 11.2 Å². The molecule has 0 aliphatic carbocycles. The van der Waals surface area contributed by atoms with Gasteiger partial charge in [-0.25, -0.2) is 4.39 Å². The van der Waals surface area contributed by atoms with Crippen LogP contribution in [-0.4, -0.2) is 21.8 Å². The summed E-state index contributed by atoms with van der Waals surface area (Å²) in [7, 11) is 0. The van der Waals surface area contributed by atoms with Gasteiger partial charge < -0.3 is 0 Å². The lowest BCUT2D eigenvalue weighted by Crippen LogP contribution is -2.38. The van der Waals surface area contributed by atoms with Crippen molar-refractivity contribution in [3.05, 3.63) is 80.9 Å². The second-order valence-electron chi connectivity index (χ2n) is 5.62. The number of carbonyl (C=O) groups is 1. The van der Waals surface area contributed by atoms with Crippen LogP contribution < -0.4 is 0 Å². The Balaban J connectivity index is 1.72. The third-order valence-corrected chi connectivity index (χ3v) is 5.29. The minimum Gasteiger partial charge on any atom is -0.283 e. The van der Waals surface area contributed by atoms with Gasteiger partial charge in [0.15, 0.2) is 5.17 Å². The highest BCUT2D eigenvalue weighted by molar-refractivity contribution is 9.10. The fourth-order valence-electron chi connectivity index (χ4n) is 2.65. The third kappa shape index (κ3) is 3.04. The van der Waals surface area contributed by atoms with E-state index in [1.165, 1.54) is 23.9 Å². The van der Waals surface area contributed by atoms with Crippen LogP contribution in [0.25, 0.3) is 11.8 Å². The fourth-order valence-corrected chi connectivity index (χ4v) is 3.81. The Bertz CT molecular complexity index is 1010. The van der Waals surface area contributed by atoms with Crippen molar-refractivity contribution >= 4 is 56.4 Å². The number of halogens is 2. The van der Waals surface area contributed by atoms with Crippen molar-refractivity contribution in [2.45, 2.75) is 0 Å². The van der Waals surface area contributed by atoms with Gasteiger partial charge in [-0.1, -0.05) is 39.8 Å². The van der Waals surface area contributed by atoms with Gasteiger partial charge in [0.1, 0.15) is 11.7 Å². The number of rotatable bonds is 2. The topological polar surface area (TPSA) is 56.5 Å². The first-order chi connectivity index (χ1) is 12.5. The fraction of sp³-hybridized carbons (Fsp3) is 0. The molecule has 0 aromatic heterocycles. The van der Waals surface area contributed by atoms with E-state index in [2.05, 4.69) is 20.9 Å². The van der Waals surface area contributed by atoms with E-state index in [0.717, 1.165) is 15.6 Å². The standard InChI is InChI=1S/C19H11BrFN3OS/c20-13-5-1-11(2-6-13)9-15-17(22)24-16(10-26-19(24)23-18(15)25)12-3-7-14(21)8-4-12/h1-10,22H/b15-9-,22-17?. The molecule has 0 spiro atoms. The molecular formula is C19H11BrFN3OS. The number of thioether (sulfide) groups is 1. The second kappa shape index (κ2) is 6.66. The number of aliphatic imine (C=N–C) groups is 1. The maximum atomic E-state index is 13.2. The summed E-state index contributed by atoms with van der Waals surface area (Å²) in [6.45, 7) is 0. The van der Waals surface area contributed by atoms with Crippen LogP contribution in [0.5, 0.6) is 0 Å². The predicted molar refractivity (Wildman–Crippen MR) is 106 cm³/mol. The first kappa shape index (κ1) is 16.9. The molecule has 1 N–H and O–H groups in total. The van der Waals surface area contributed by atoms with Crippen molar-refractivity contribution in [2.75, 3.05) is 0 Å². The number of benzene rings is 2. The van der Waals surface area contributed by atoms with Crippen LogP contribution in [-0.2, 0) is 4.79 Å². The number of amides is 1. The molecule has 4 nitrogen and oxygen atoms in total. The Labute approximate surface area is 161 Å². The molecule has 1 amide bonds. The van der Waals surface area contributed by atoms with Gasteiger partial charge in [0, 0.05) is 9.88 Å². The first-order valence-electron chi connectivity index (χ1n) is 7.65. The number of hydrogen-bond acceptors (Lipinski definition) is 3. The van der Waals surface area contributed by atoms with Crippen molar-refractivity contribution in [1.82, 2.24) is 4.90 Å². The van der Waals surface area contributed by atoms with Gasteiger partial charge in [-0.05, 0) is 53.6 Å². The molecule has 128 valence electrons. The Morgan fingerprint density at radius 3 is 2.50 bits per heavy atom. The van der Waals surface area contributed by atoms with E-state index in [4.69, 9.17) is 5.41 Å². The maximum Gasteiger partial charge on any atom is 0.283 e. The highest BCUT2D eigenvalue weighted by Gasteiger charge is 2.36. The molecule has 0 radical (unpaired) electrons. The summed E-state index contributed by atoms with van der Waals surface area (Å²) in [4.78, 5) is 18.1. The molecular weight excluding hydrogens is 417 g/mol.